The molecule has 2 aromatic heterocycles. The molecule has 1 N–H and O–H groups in total. The zero-order valence-electron chi connectivity index (χ0n) is 11.8. The zero-order valence-corrected chi connectivity index (χ0v) is 13.4. The van der Waals surface area contributed by atoms with Gasteiger partial charge in [-0.2, -0.15) is 16.4 Å². The molecule has 0 radical (unpaired) electrons. The molecule has 0 aromatic carbocycles. The van der Waals surface area contributed by atoms with E-state index < -0.39 is 0 Å². The maximum atomic E-state index is 12.1. The number of rotatable bonds is 5. The number of aryl methyl sites for hydroxylation is 1. The van der Waals surface area contributed by atoms with E-state index in [-0.39, 0.29) is 10.6 Å². The lowest BCUT2D eigenvalue weighted by Gasteiger charge is -2.11. The molecule has 4 nitrogen and oxygen atoms in total. The summed E-state index contributed by atoms with van der Waals surface area (Å²) >= 11 is 7.79. The third-order valence-electron chi connectivity index (χ3n) is 2.95. The molecular formula is C14H18ClN3OS. The van der Waals surface area contributed by atoms with Gasteiger partial charge in [0, 0.05) is 13.1 Å². The van der Waals surface area contributed by atoms with Crippen LogP contribution < -0.4 is 10.9 Å². The van der Waals surface area contributed by atoms with Gasteiger partial charge in [-0.15, -0.1) is 0 Å². The molecule has 2 rings (SSSR count). The fraction of sp³-hybridized carbons (Fsp3) is 0.429. The Balaban J connectivity index is 2.15. The first kappa shape index (κ1) is 15.1. The Bertz CT molecular complexity index is 648. The minimum Gasteiger partial charge on any atom is -0.378 e. The van der Waals surface area contributed by atoms with E-state index in [4.69, 9.17) is 11.6 Å². The standard InChI is InChI=1S/C14H18ClN3OS/c1-9(2)6-18-14(19)13(15)12(5-17-18)16-4-11-8-20-7-10(11)3/h5,7-9,16H,4,6H2,1-3H3. The zero-order chi connectivity index (χ0) is 14.7. The van der Waals surface area contributed by atoms with Crippen LogP contribution in [0.1, 0.15) is 25.0 Å². The molecule has 0 atom stereocenters. The highest BCUT2D eigenvalue weighted by molar-refractivity contribution is 7.08. The highest BCUT2D eigenvalue weighted by Crippen LogP contribution is 2.19. The van der Waals surface area contributed by atoms with Crippen molar-refractivity contribution in [3.8, 4) is 0 Å². The van der Waals surface area contributed by atoms with Crippen molar-refractivity contribution in [1.29, 1.82) is 0 Å². The molecule has 2 aromatic rings. The summed E-state index contributed by atoms with van der Waals surface area (Å²) in [5, 5.41) is 11.7. The van der Waals surface area contributed by atoms with E-state index in [9.17, 15) is 4.79 Å². The second-order valence-electron chi connectivity index (χ2n) is 5.19. The molecule has 20 heavy (non-hydrogen) atoms. The Hall–Kier alpha value is -1.33. The van der Waals surface area contributed by atoms with Crippen LogP contribution in [0.15, 0.2) is 21.8 Å². The van der Waals surface area contributed by atoms with Crippen LogP contribution >= 0.6 is 22.9 Å². The van der Waals surface area contributed by atoms with Crippen LogP contribution in [0.2, 0.25) is 5.02 Å². The number of nitrogens with one attached hydrogen (secondary N) is 1. The van der Waals surface area contributed by atoms with Crippen LogP contribution in [0, 0.1) is 12.8 Å². The fourth-order valence-corrected chi connectivity index (χ4v) is 2.89. The smallest absolute Gasteiger partial charge is 0.287 e. The highest BCUT2D eigenvalue weighted by atomic mass is 35.5. The Kier molecular flexibility index (Phi) is 4.83. The number of thiophene rings is 1. The summed E-state index contributed by atoms with van der Waals surface area (Å²) < 4.78 is 1.41. The van der Waals surface area contributed by atoms with Gasteiger partial charge in [-0.25, -0.2) is 4.68 Å². The van der Waals surface area contributed by atoms with Gasteiger partial charge in [0.25, 0.3) is 5.56 Å². The van der Waals surface area contributed by atoms with E-state index in [1.54, 1.807) is 17.5 Å². The van der Waals surface area contributed by atoms with Crippen molar-refractivity contribution in [2.45, 2.75) is 33.9 Å². The topological polar surface area (TPSA) is 46.9 Å². The number of aromatic nitrogens is 2. The molecule has 0 unspecified atom stereocenters. The maximum Gasteiger partial charge on any atom is 0.287 e. The molecular weight excluding hydrogens is 294 g/mol. The van der Waals surface area contributed by atoms with Crippen molar-refractivity contribution in [2.24, 2.45) is 5.92 Å². The van der Waals surface area contributed by atoms with Crippen molar-refractivity contribution < 1.29 is 0 Å². The quantitative estimate of drug-likeness (QED) is 0.919. The van der Waals surface area contributed by atoms with E-state index in [0.29, 0.717) is 24.7 Å². The van der Waals surface area contributed by atoms with Crippen LogP contribution in [0.25, 0.3) is 0 Å². The lowest BCUT2D eigenvalue weighted by Crippen LogP contribution is -2.26. The summed E-state index contributed by atoms with van der Waals surface area (Å²) in [7, 11) is 0. The van der Waals surface area contributed by atoms with Crippen molar-refractivity contribution >= 4 is 28.6 Å². The average Bonchev–Trinajstić information content (AvgIpc) is 2.79. The lowest BCUT2D eigenvalue weighted by atomic mass is 10.2. The van der Waals surface area contributed by atoms with Gasteiger partial charge in [0.2, 0.25) is 0 Å². The van der Waals surface area contributed by atoms with Gasteiger partial charge in [0.15, 0.2) is 0 Å². The van der Waals surface area contributed by atoms with Gasteiger partial charge in [0.05, 0.1) is 11.9 Å². The minimum absolute atomic E-state index is 0.202. The molecule has 0 saturated heterocycles. The number of anilines is 1. The molecule has 0 saturated carbocycles. The highest BCUT2D eigenvalue weighted by Gasteiger charge is 2.10. The van der Waals surface area contributed by atoms with E-state index >= 15 is 0 Å². The van der Waals surface area contributed by atoms with Gasteiger partial charge in [-0.3, -0.25) is 4.79 Å². The van der Waals surface area contributed by atoms with Crippen molar-refractivity contribution in [2.75, 3.05) is 5.32 Å². The van der Waals surface area contributed by atoms with Crippen molar-refractivity contribution in [1.82, 2.24) is 9.78 Å². The summed E-state index contributed by atoms with van der Waals surface area (Å²) in [6, 6.07) is 0. The molecule has 0 fully saturated rings. The van der Waals surface area contributed by atoms with Gasteiger partial charge in [-0.05, 0) is 34.7 Å². The molecule has 0 amide bonds. The summed E-state index contributed by atoms with van der Waals surface area (Å²) in [5.74, 6) is 0.350. The monoisotopic (exact) mass is 311 g/mol. The van der Waals surface area contributed by atoms with Crippen LogP contribution in [0.4, 0.5) is 5.69 Å². The lowest BCUT2D eigenvalue weighted by molar-refractivity contribution is 0.464. The predicted octanol–water partition coefficient (Wildman–Crippen LogP) is 3.53. The Morgan fingerprint density at radius 2 is 2.20 bits per heavy atom. The van der Waals surface area contributed by atoms with Crippen LogP contribution in [-0.4, -0.2) is 9.78 Å². The predicted molar refractivity (Wildman–Crippen MR) is 84.7 cm³/mol. The summed E-state index contributed by atoms with van der Waals surface area (Å²) in [6.45, 7) is 7.35. The number of hydrogen-bond acceptors (Lipinski definition) is 4. The molecule has 108 valence electrons. The molecule has 0 bridgehead atoms. The first-order valence-electron chi connectivity index (χ1n) is 6.50. The van der Waals surface area contributed by atoms with E-state index in [2.05, 4.69) is 28.1 Å². The minimum atomic E-state index is -0.243. The second kappa shape index (κ2) is 6.41. The normalized spacial score (nSPS) is 11.1. The first-order chi connectivity index (χ1) is 9.49. The maximum absolute atomic E-state index is 12.1. The van der Waals surface area contributed by atoms with Crippen LogP contribution in [0.5, 0.6) is 0 Å². The average molecular weight is 312 g/mol. The van der Waals surface area contributed by atoms with Gasteiger partial charge in [-0.1, -0.05) is 25.4 Å². The van der Waals surface area contributed by atoms with Gasteiger partial charge >= 0.3 is 0 Å². The Morgan fingerprint density at radius 3 is 2.80 bits per heavy atom. The molecule has 2 heterocycles. The van der Waals surface area contributed by atoms with Gasteiger partial charge < -0.3 is 5.32 Å². The number of halogens is 1. The van der Waals surface area contributed by atoms with E-state index in [0.717, 1.165) is 0 Å². The first-order valence-corrected chi connectivity index (χ1v) is 7.82. The fourth-order valence-electron chi connectivity index (χ4n) is 1.82. The third-order valence-corrected chi connectivity index (χ3v) is 4.23. The summed E-state index contributed by atoms with van der Waals surface area (Å²) in [4.78, 5) is 12.1. The van der Waals surface area contributed by atoms with Crippen LogP contribution in [-0.2, 0) is 13.1 Å². The van der Waals surface area contributed by atoms with Crippen molar-refractivity contribution in [3.05, 3.63) is 43.5 Å². The van der Waals surface area contributed by atoms with E-state index in [1.807, 2.05) is 13.8 Å². The van der Waals surface area contributed by atoms with Crippen molar-refractivity contribution in [3.63, 3.8) is 0 Å². The molecule has 0 aliphatic carbocycles. The second-order valence-corrected chi connectivity index (χ2v) is 6.31. The number of nitrogens with zero attached hydrogens (tertiary/aromatic N) is 2. The molecule has 0 aliphatic heterocycles. The summed E-state index contributed by atoms with van der Waals surface area (Å²) in [5.41, 5.74) is 2.78. The Labute approximate surface area is 127 Å². The Morgan fingerprint density at radius 1 is 1.45 bits per heavy atom. The molecule has 0 aliphatic rings. The largest absolute Gasteiger partial charge is 0.378 e. The van der Waals surface area contributed by atoms with Crippen LogP contribution in [0.3, 0.4) is 0 Å². The number of hydrogen-bond donors (Lipinski definition) is 1. The molecule has 6 heteroatoms. The third kappa shape index (κ3) is 3.41. The van der Waals surface area contributed by atoms with Gasteiger partial charge in [0.1, 0.15) is 5.02 Å². The van der Waals surface area contributed by atoms with E-state index in [1.165, 1.54) is 15.8 Å². The summed E-state index contributed by atoms with van der Waals surface area (Å²) in [6.07, 6.45) is 1.62. The molecule has 0 spiro atoms. The SMILES string of the molecule is Cc1cscc1CNc1cnn(CC(C)C)c(=O)c1Cl.